The Morgan fingerprint density at radius 1 is 1.11 bits per heavy atom. The lowest BCUT2D eigenvalue weighted by Gasteiger charge is -2.25. The Labute approximate surface area is 164 Å². The van der Waals surface area contributed by atoms with E-state index in [4.69, 9.17) is 0 Å². The zero-order chi connectivity index (χ0) is 18.6. The summed E-state index contributed by atoms with van der Waals surface area (Å²) >= 11 is 1.69. The summed E-state index contributed by atoms with van der Waals surface area (Å²) in [5.41, 5.74) is 2.42. The first kappa shape index (κ1) is 17.7. The van der Waals surface area contributed by atoms with Crippen LogP contribution >= 0.6 is 11.3 Å². The lowest BCUT2D eigenvalue weighted by molar-refractivity contribution is 0.557. The minimum absolute atomic E-state index is 0.00446. The second-order valence-corrected chi connectivity index (χ2v) is 8.15. The minimum atomic E-state index is -0.346. The second kappa shape index (κ2) is 7.92. The molecule has 27 heavy (non-hydrogen) atoms. The van der Waals surface area contributed by atoms with Crippen LogP contribution in [0.25, 0.3) is 10.1 Å². The van der Waals surface area contributed by atoms with Crippen LogP contribution in [0, 0.1) is 17.2 Å². The van der Waals surface area contributed by atoms with Gasteiger partial charge in [-0.25, -0.2) is 0 Å². The third-order valence-electron chi connectivity index (χ3n) is 5.00. The molecular formula is C24H22N2S. The standard InChI is InChI=1S/C24H22N2S/c1-17-11-13-19(14-12-17)24(18-7-3-2-4-8-18)26-21(16-25)23-15-20-9-5-6-10-22(20)27-23/h2-11,13-15,17,21,24,26H,12H2,1H3. The van der Waals surface area contributed by atoms with E-state index in [1.807, 2.05) is 18.2 Å². The van der Waals surface area contributed by atoms with Gasteiger partial charge in [0.2, 0.25) is 0 Å². The van der Waals surface area contributed by atoms with Crippen molar-refractivity contribution in [3.63, 3.8) is 0 Å². The zero-order valence-electron chi connectivity index (χ0n) is 15.3. The molecule has 0 radical (unpaired) electrons. The van der Waals surface area contributed by atoms with Gasteiger partial charge in [0.05, 0.1) is 12.1 Å². The van der Waals surface area contributed by atoms with Crippen molar-refractivity contribution in [3.8, 4) is 6.07 Å². The molecule has 2 nitrogen and oxygen atoms in total. The maximum absolute atomic E-state index is 9.90. The number of thiophene rings is 1. The molecule has 0 spiro atoms. The summed E-state index contributed by atoms with van der Waals surface area (Å²) < 4.78 is 1.22. The van der Waals surface area contributed by atoms with Gasteiger partial charge in [0.25, 0.3) is 0 Å². The lowest BCUT2D eigenvalue weighted by Crippen LogP contribution is -2.27. The summed E-state index contributed by atoms with van der Waals surface area (Å²) in [7, 11) is 0. The minimum Gasteiger partial charge on any atom is -0.287 e. The Morgan fingerprint density at radius 2 is 1.89 bits per heavy atom. The summed E-state index contributed by atoms with van der Waals surface area (Å²) in [6, 6.07) is 23.0. The molecule has 1 aliphatic carbocycles. The highest BCUT2D eigenvalue weighted by molar-refractivity contribution is 7.19. The Bertz CT molecular complexity index is 990. The molecule has 0 amide bonds. The summed E-state index contributed by atoms with van der Waals surface area (Å²) in [5.74, 6) is 0.569. The van der Waals surface area contributed by atoms with Gasteiger partial charge in [0.1, 0.15) is 6.04 Å². The highest BCUT2D eigenvalue weighted by Gasteiger charge is 2.23. The molecule has 0 fully saturated rings. The topological polar surface area (TPSA) is 35.8 Å². The predicted octanol–water partition coefficient (Wildman–Crippen LogP) is 6.32. The molecule has 2 aromatic carbocycles. The number of nitrogens with zero attached hydrogens (tertiary/aromatic N) is 1. The Balaban J connectivity index is 1.67. The normalized spacial score (nSPS) is 18.7. The van der Waals surface area contributed by atoms with Crippen LogP contribution in [0.4, 0.5) is 0 Å². The molecule has 3 atom stereocenters. The predicted molar refractivity (Wildman–Crippen MR) is 114 cm³/mol. The van der Waals surface area contributed by atoms with Gasteiger partial charge in [-0.15, -0.1) is 11.3 Å². The monoisotopic (exact) mass is 370 g/mol. The van der Waals surface area contributed by atoms with E-state index < -0.39 is 0 Å². The van der Waals surface area contributed by atoms with Crippen LogP contribution in [0.5, 0.6) is 0 Å². The van der Waals surface area contributed by atoms with Crippen LogP contribution in [0.1, 0.15) is 35.9 Å². The van der Waals surface area contributed by atoms with Gasteiger partial charge >= 0.3 is 0 Å². The van der Waals surface area contributed by atoms with Gasteiger partial charge in [0.15, 0.2) is 0 Å². The quantitative estimate of drug-likeness (QED) is 0.570. The molecule has 1 heterocycles. The molecule has 1 aliphatic rings. The number of fused-ring (bicyclic) bond motifs is 1. The van der Waals surface area contributed by atoms with Crippen LogP contribution in [-0.4, -0.2) is 0 Å². The average molecular weight is 371 g/mol. The molecule has 134 valence electrons. The van der Waals surface area contributed by atoms with E-state index >= 15 is 0 Å². The zero-order valence-corrected chi connectivity index (χ0v) is 16.1. The van der Waals surface area contributed by atoms with Gasteiger partial charge in [-0.05, 0) is 41.0 Å². The third kappa shape index (κ3) is 3.88. The first-order valence-electron chi connectivity index (χ1n) is 9.32. The van der Waals surface area contributed by atoms with Crippen molar-refractivity contribution in [1.29, 1.82) is 5.26 Å². The van der Waals surface area contributed by atoms with Crippen molar-refractivity contribution >= 4 is 21.4 Å². The van der Waals surface area contributed by atoms with E-state index in [0.29, 0.717) is 5.92 Å². The van der Waals surface area contributed by atoms with E-state index in [-0.39, 0.29) is 12.1 Å². The number of allylic oxidation sites excluding steroid dienone is 2. The summed E-state index contributed by atoms with van der Waals surface area (Å²) in [6.07, 6.45) is 7.80. The van der Waals surface area contributed by atoms with Crippen LogP contribution in [0.3, 0.4) is 0 Å². The van der Waals surface area contributed by atoms with Gasteiger partial charge in [-0.2, -0.15) is 5.26 Å². The lowest BCUT2D eigenvalue weighted by atomic mass is 9.90. The maximum Gasteiger partial charge on any atom is 0.131 e. The Morgan fingerprint density at radius 3 is 2.59 bits per heavy atom. The molecule has 0 bridgehead atoms. The van der Waals surface area contributed by atoms with Crippen LogP contribution in [0.2, 0.25) is 0 Å². The van der Waals surface area contributed by atoms with Crippen LogP contribution in [0.15, 0.2) is 84.5 Å². The van der Waals surface area contributed by atoms with Gasteiger partial charge < -0.3 is 0 Å². The maximum atomic E-state index is 9.90. The fourth-order valence-corrected chi connectivity index (χ4v) is 4.55. The second-order valence-electron chi connectivity index (χ2n) is 7.04. The van der Waals surface area contributed by atoms with E-state index in [1.54, 1.807) is 11.3 Å². The highest BCUT2D eigenvalue weighted by atomic mass is 32.1. The van der Waals surface area contributed by atoms with Crippen molar-refractivity contribution in [2.45, 2.75) is 25.4 Å². The van der Waals surface area contributed by atoms with Crippen LogP contribution < -0.4 is 5.32 Å². The molecule has 4 rings (SSSR count). The average Bonchev–Trinajstić information content (AvgIpc) is 3.14. The largest absolute Gasteiger partial charge is 0.287 e. The number of hydrogen-bond acceptors (Lipinski definition) is 3. The number of hydrogen-bond donors (Lipinski definition) is 1. The molecule has 1 aromatic heterocycles. The molecule has 0 aliphatic heterocycles. The summed E-state index contributed by atoms with van der Waals surface area (Å²) in [6.45, 7) is 2.23. The fourth-order valence-electron chi connectivity index (χ4n) is 3.48. The van der Waals surface area contributed by atoms with Crippen molar-refractivity contribution in [1.82, 2.24) is 5.32 Å². The summed E-state index contributed by atoms with van der Waals surface area (Å²) in [5, 5.41) is 14.7. The molecule has 3 unspecified atom stereocenters. The van der Waals surface area contributed by atoms with Crippen molar-refractivity contribution in [3.05, 3.63) is 94.9 Å². The van der Waals surface area contributed by atoms with E-state index in [2.05, 4.69) is 79.0 Å². The van der Waals surface area contributed by atoms with Crippen molar-refractivity contribution in [2.75, 3.05) is 0 Å². The van der Waals surface area contributed by atoms with Gasteiger partial charge in [-0.1, -0.05) is 73.7 Å². The van der Waals surface area contributed by atoms with Gasteiger partial charge in [-0.3, -0.25) is 5.32 Å². The fraction of sp³-hybridized carbons (Fsp3) is 0.208. The smallest absolute Gasteiger partial charge is 0.131 e. The van der Waals surface area contributed by atoms with E-state index in [1.165, 1.54) is 21.2 Å². The Kier molecular flexibility index (Phi) is 5.20. The number of nitrogens with one attached hydrogen (secondary N) is 1. The number of nitriles is 1. The first-order valence-corrected chi connectivity index (χ1v) is 10.1. The number of benzene rings is 2. The molecule has 0 saturated carbocycles. The molecular weight excluding hydrogens is 348 g/mol. The highest BCUT2D eigenvalue weighted by Crippen LogP contribution is 2.34. The molecule has 3 aromatic rings. The summed E-state index contributed by atoms with van der Waals surface area (Å²) in [4.78, 5) is 1.06. The molecule has 0 saturated heterocycles. The van der Waals surface area contributed by atoms with Crippen molar-refractivity contribution < 1.29 is 0 Å². The van der Waals surface area contributed by atoms with Gasteiger partial charge in [0, 0.05) is 9.58 Å². The molecule has 1 N–H and O–H groups in total. The molecule has 3 heteroatoms. The van der Waals surface area contributed by atoms with E-state index in [9.17, 15) is 5.26 Å². The SMILES string of the molecule is CC1C=CC(C(NC(C#N)c2cc3ccccc3s2)c2ccccc2)=CC1. The van der Waals surface area contributed by atoms with E-state index in [0.717, 1.165) is 11.3 Å². The first-order chi connectivity index (χ1) is 13.2. The van der Waals surface area contributed by atoms with Crippen molar-refractivity contribution in [2.24, 2.45) is 5.92 Å². The van der Waals surface area contributed by atoms with Crippen LogP contribution in [-0.2, 0) is 0 Å². The third-order valence-corrected chi connectivity index (χ3v) is 6.18. The Hall–Kier alpha value is -2.67. The number of rotatable bonds is 5.